The fraction of sp³-hybridized carbons (Fsp3) is 0.474. The number of carboxylic acids is 1. The average Bonchev–Trinajstić information content (AvgIpc) is 3.35. The lowest BCUT2D eigenvalue weighted by Gasteiger charge is -2.23. The van der Waals surface area contributed by atoms with Crippen molar-refractivity contribution in [3.8, 4) is 0 Å². The van der Waals surface area contributed by atoms with Crippen LogP contribution >= 0.6 is 11.3 Å². The van der Waals surface area contributed by atoms with E-state index < -0.39 is 12.1 Å². The van der Waals surface area contributed by atoms with Crippen LogP contribution in [0.3, 0.4) is 0 Å². The van der Waals surface area contributed by atoms with Crippen molar-refractivity contribution in [3.05, 3.63) is 40.6 Å². The monoisotopic (exact) mass is 442 g/mol. The molecule has 1 N–H and O–H groups in total. The Bertz CT molecular complexity index is 906. The van der Waals surface area contributed by atoms with Gasteiger partial charge in [-0.2, -0.15) is 13.2 Å². The van der Waals surface area contributed by atoms with Gasteiger partial charge in [0.1, 0.15) is 6.33 Å². The van der Waals surface area contributed by atoms with Gasteiger partial charge in [0.15, 0.2) is 0 Å². The lowest BCUT2D eigenvalue weighted by Crippen LogP contribution is -2.31. The quantitative estimate of drug-likeness (QED) is 0.786. The average molecular weight is 442 g/mol. The summed E-state index contributed by atoms with van der Waals surface area (Å²) >= 11 is 1.87. The van der Waals surface area contributed by atoms with Crippen molar-refractivity contribution in [2.75, 3.05) is 24.5 Å². The molecule has 30 heavy (non-hydrogen) atoms. The first kappa shape index (κ1) is 22.2. The topological polar surface area (TPSA) is 86.6 Å². The molecule has 0 aliphatic carbocycles. The number of aromatic nitrogens is 2. The number of carbonyl (C=O) groups is 2. The SMILES string of the molecule is Cc1ccc(CN2CCC3(CC(=O)N(c4cncnc4)C3)C2)s1.O=C(O)C(F)(F)F. The number of aliphatic carboxylic acids is 1. The second kappa shape index (κ2) is 8.68. The third-order valence-electron chi connectivity index (χ3n) is 5.11. The number of anilines is 1. The van der Waals surface area contributed by atoms with Crippen LogP contribution < -0.4 is 4.90 Å². The van der Waals surface area contributed by atoms with Gasteiger partial charge in [0.25, 0.3) is 0 Å². The van der Waals surface area contributed by atoms with Crippen LogP contribution in [0.25, 0.3) is 0 Å². The highest BCUT2D eigenvalue weighted by Crippen LogP contribution is 2.42. The van der Waals surface area contributed by atoms with Gasteiger partial charge in [0.05, 0.1) is 18.1 Å². The number of aryl methyl sites for hydroxylation is 1. The van der Waals surface area contributed by atoms with Gasteiger partial charge >= 0.3 is 12.1 Å². The highest BCUT2D eigenvalue weighted by atomic mass is 32.1. The number of amides is 1. The Morgan fingerprint density at radius 2 is 1.93 bits per heavy atom. The van der Waals surface area contributed by atoms with Gasteiger partial charge < -0.3 is 10.0 Å². The Morgan fingerprint density at radius 1 is 1.27 bits per heavy atom. The van der Waals surface area contributed by atoms with Crippen LogP contribution in [0, 0.1) is 12.3 Å². The molecule has 2 aromatic rings. The maximum Gasteiger partial charge on any atom is 0.490 e. The van der Waals surface area contributed by atoms with Crippen molar-refractivity contribution in [1.82, 2.24) is 14.9 Å². The van der Waals surface area contributed by atoms with E-state index in [1.165, 1.54) is 16.1 Å². The molecule has 7 nitrogen and oxygen atoms in total. The Morgan fingerprint density at radius 3 is 2.50 bits per heavy atom. The van der Waals surface area contributed by atoms with E-state index in [2.05, 4.69) is 33.9 Å². The normalized spacial score (nSPS) is 21.7. The van der Waals surface area contributed by atoms with E-state index >= 15 is 0 Å². The van der Waals surface area contributed by atoms with Crippen LogP contribution in [0.5, 0.6) is 0 Å². The summed E-state index contributed by atoms with van der Waals surface area (Å²) in [6.45, 7) is 6.01. The van der Waals surface area contributed by atoms with E-state index in [4.69, 9.17) is 9.90 Å². The molecule has 1 spiro atoms. The molecule has 2 saturated heterocycles. The van der Waals surface area contributed by atoms with Gasteiger partial charge in [-0.1, -0.05) is 0 Å². The summed E-state index contributed by atoms with van der Waals surface area (Å²) in [5.41, 5.74) is 0.917. The Hall–Kier alpha value is -2.53. The van der Waals surface area contributed by atoms with Crippen molar-refractivity contribution < 1.29 is 27.9 Å². The van der Waals surface area contributed by atoms with E-state index in [1.54, 1.807) is 12.4 Å². The number of nitrogens with zero attached hydrogens (tertiary/aromatic N) is 4. The van der Waals surface area contributed by atoms with Crippen LogP contribution in [0.1, 0.15) is 22.6 Å². The first-order valence-electron chi connectivity index (χ1n) is 9.21. The molecule has 2 aromatic heterocycles. The van der Waals surface area contributed by atoms with Crippen LogP contribution in [-0.4, -0.2) is 57.7 Å². The lowest BCUT2D eigenvalue weighted by molar-refractivity contribution is -0.192. The zero-order valence-corrected chi connectivity index (χ0v) is 17.0. The third-order valence-corrected chi connectivity index (χ3v) is 6.10. The minimum Gasteiger partial charge on any atom is -0.475 e. The van der Waals surface area contributed by atoms with Crippen LogP contribution in [0.15, 0.2) is 30.9 Å². The summed E-state index contributed by atoms with van der Waals surface area (Å²) in [6, 6.07) is 4.40. The minimum atomic E-state index is -5.08. The predicted molar refractivity (Wildman–Crippen MR) is 104 cm³/mol. The molecule has 11 heteroatoms. The summed E-state index contributed by atoms with van der Waals surface area (Å²) in [4.78, 5) is 36.6. The standard InChI is InChI=1S/C17H20N4OS.C2HF3O2/c1-13-2-3-15(23-13)9-20-5-4-17(10-20)6-16(22)21(11-17)14-7-18-12-19-8-14;3-2(4,5)1(6)7/h2-3,7-8,12H,4-6,9-11H2,1H3;(H,6,7). The summed E-state index contributed by atoms with van der Waals surface area (Å²) in [5.74, 6) is -2.55. The largest absolute Gasteiger partial charge is 0.490 e. The van der Waals surface area contributed by atoms with Crippen molar-refractivity contribution in [3.63, 3.8) is 0 Å². The number of carbonyl (C=O) groups excluding carboxylic acids is 1. The zero-order chi connectivity index (χ0) is 21.9. The molecule has 2 aliphatic heterocycles. The van der Waals surface area contributed by atoms with Crippen molar-refractivity contribution in [2.24, 2.45) is 5.41 Å². The number of rotatable bonds is 3. The molecule has 0 saturated carbocycles. The predicted octanol–water partition coefficient (Wildman–Crippen LogP) is 3.11. The van der Waals surface area contributed by atoms with E-state index in [-0.39, 0.29) is 11.3 Å². The first-order chi connectivity index (χ1) is 14.1. The first-order valence-corrected chi connectivity index (χ1v) is 10.0. The fourth-order valence-electron chi connectivity index (χ4n) is 3.79. The van der Waals surface area contributed by atoms with Gasteiger partial charge in [0.2, 0.25) is 5.91 Å². The van der Waals surface area contributed by atoms with Gasteiger partial charge in [-0.25, -0.2) is 14.8 Å². The van der Waals surface area contributed by atoms with Gasteiger partial charge in [-0.3, -0.25) is 9.69 Å². The molecule has 162 valence electrons. The van der Waals surface area contributed by atoms with Crippen LogP contribution in [0.2, 0.25) is 0 Å². The second-order valence-corrected chi connectivity index (χ2v) is 8.90. The summed E-state index contributed by atoms with van der Waals surface area (Å²) in [5, 5.41) is 7.12. The lowest BCUT2D eigenvalue weighted by atomic mass is 9.86. The molecule has 2 aliphatic rings. The third kappa shape index (κ3) is 5.33. The summed E-state index contributed by atoms with van der Waals surface area (Å²) in [7, 11) is 0. The molecule has 4 heterocycles. The summed E-state index contributed by atoms with van der Waals surface area (Å²) < 4.78 is 31.7. The van der Waals surface area contributed by atoms with E-state index in [1.807, 2.05) is 16.2 Å². The van der Waals surface area contributed by atoms with E-state index in [9.17, 15) is 18.0 Å². The Labute approximate surface area is 175 Å². The number of thiophene rings is 1. The maximum absolute atomic E-state index is 12.5. The van der Waals surface area contributed by atoms with Crippen molar-refractivity contribution in [2.45, 2.75) is 32.5 Å². The molecule has 2 fully saturated rings. The van der Waals surface area contributed by atoms with Gasteiger partial charge in [-0.05, 0) is 32.0 Å². The highest BCUT2D eigenvalue weighted by Gasteiger charge is 2.47. The molecule has 1 amide bonds. The number of hydrogen-bond donors (Lipinski definition) is 1. The smallest absolute Gasteiger partial charge is 0.475 e. The van der Waals surface area contributed by atoms with Crippen molar-refractivity contribution >= 4 is 28.9 Å². The molecular weight excluding hydrogens is 421 g/mol. The molecule has 0 aromatic carbocycles. The summed E-state index contributed by atoms with van der Waals surface area (Å²) in [6.07, 6.45) is 1.60. The molecule has 0 radical (unpaired) electrons. The van der Waals surface area contributed by atoms with Crippen molar-refractivity contribution in [1.29, 1.82) is 0 Å². The molecule has 4 rings (SSSR count). The van der Waals surface area contributed by atoms with E-state index in [0.29, 0.717) is 6.42 Å². The highest BCUT2D eigenvalue weighted by molar-refractivity contribution is 7.11. The van der Waals surface area contributed by atoms with Gasteiger partial charge in [-0.15, -0.1) is 11.3 Å². The fourth-order valence-corrected chi connectivity index (χ4v) is 4.72. The molecule has 0 bridgehead atoms. The number of alkyl halides is 3. The Kier molecular flexibility index (Phi) is 6.41. The molecule has 1 unspecified atom stereocenters. The number of halogens is 3. The minimum absolute atomic E-state index is 0.0965. The number of carboxylic acid groups (broad SMARTS) is 1. The Balaban J connectivity index is 0.000000318. The molecular formula is C19H21F3N4O3S. The van der Waals surface area contributed by atoms with Gasteiger partial charge in [0, 0.05) is 41.2 Å². The maximum atomic E-state index is 12.5. The van der Waals surface area contributed by atoms with Crippen LogP contribution in [-0.2, 0) is 16.1 Å². The number of hydrogen-bond acceptors (Lipinski definition) is 6. The number of likely N-dealkylation sites (tertiary alicyclic amines) is 1. The second-order valence-electron chi connectivity index (χ2n) is 7.53. The van der Waals surface area contributed by atoms with E-state index in [0.717, 1.165) is 38.3 Å². The zero-order valence-electron chi connectivity index (χ0n) is 16.2. The van der Waals surface area contributed by atoms with Crippen LogP contribution in [0.4, 0.5) is 18.9 Å². The molecule has 1 atom stereocenters.